The maximum absolute atomic E-state index is 14.1. The molecule has 0 saturated carbocycles. The third-order valence-corrected chi connectivity index (χ3v) is 14.1. The standard InChI is InChI=1S/C45H29N2OTe/c48-45-37-20-19-32(47-41-15-7-3-11-35(41)36-12-4-8-16-42(36)47)26-44(37)49-43-25-30-22-28-23-31(18-17-27(28)21-29(30)24-38(43)45)46-39-13-5-1-9-33(39)34-10-2-6-14-40(34)46/h1-20,23-26,38H,21-22H2. The molecule has 8 aromatic rings. The summed E-state index contributed by atoms with van der Waals surface area (Å²) in [4.78, 5) is 14.1. The van der Waals surface area contributed by atoms with Gasteiger partial charge in [0.1, 0.15) is 0 Å². The third-order valence-electron chi connectivity index (χ3n) is 10.8. The second-order valence-electron chi connectivity index (χ2n) is 13.4. The Hall–Kier alpha value is -5.27. The first kappa shape index (κ1) is 27.7. The van der Waals surface area contributed by atoms with Crippen LogP contribution in [-0.2, 0) is 12.8 Å². The molecule has 4 heteroatoms. The predicted octanol–water partition coefficient (Wildman–Crippen LogP) is 8.86. The van der Waals surface area contributed by atoms with Crippen molar-refractivity contribution in [3.63, 3.8) is 0 Å². The molecule has 1 aliphatic heterocycles. The number of hydrogen-bond acceptors (Lipinski definition) is 1. The molecule has 3 nitrogen and oxygen atoms in total. The molecular weight excluding hydrogens is 712 g/mol. The number of aromatic nitrogens is 2. The Morgan fingerprint density at radius 1 is 0.531 bits per heavy atom. The number of carbonyl (C=O) groups is 1. The minimum absolute atomic E-state index is 0.119. The third kappa shape index (κ3) is 4.02. The van der Waals surface area contributed by atoms with E-state index in [0.717, 1.165) is 24.1 Å². The van der Waals surface area contributed by atoms with Gasteiger partial charge in [-0.2, -0.15) is 0 Å². The van der Waals surface area contributed by atoms with Crippen molar-refractivity contribution in [2.24, 2.45) is 5.92 Å². The Balaban J connectivity index is 1.00. The molecule has 0 N–H and O–H groups in total. The number of rotatable bonds is 2. The van der Waals surface area contributed by atoms with Crippen LogP contribution in [0.15, 0.2) is 157 Å². The molecule has 0 spiro atoms. The van der Waals surface area contributed by atoms with Gasteiger partial charge in [0.2, 0.25) is 0 Å². The summed E-state index contributed by atoms with van der Waals surface area (Å²) in [6.07, 6.45) is 6.52. The molecule has 2 aromatic heterocycles. The molecule has 11 rings (SSSR count). The van der Waals surface area contributed by atoms with Crippen LogP contribution >= 0.6 is 0 Å². The first-order valence-electron chi connectivity index (χ1n) is 16.9. The zero-order chi connectivity index (χ0) is 32.2. The van der Waals surface area contributed by atoms with Crippen molar-refractivity contribution in [2.45, 2.75) is 12.8 Å². The Morgan fingerprint density at radius 2 is 1.04 bits per heavy atom. The number of nitrogens with zero attached hydrogens (tertiary/aromatic N) is 2. The molecule has 0 amide bonds. The van der Waals surface area contributed by atoms with Crippen molar-refractivity contribution >= 4 is 77.0 Å². The number of benzene rings is 6. The van der Waals surface area contributed by atoms with E-state index in [1.165, 1.54) is 78.7 Å². The van der Waals surface area contributed by atoms with Gasteiger partial charge in [0.25, 0.3) is 0 Å². The number of fused-ring (bicyclic) bond motifs is 10. The van der Waals surface area contributed by atoms with Gasteiger partial charge in [-0.3, -0.25) is 0 Å². The summed E-state index contributed by atoms with van der Waals surface area (Å²) in [6, 6.07) is 48.2. The second kappa shape index (κ2) is 10.4. The first-order chi connectivity index (χ1) is 24.2. The molecular formula is C45H29N2OTe. The van der Waals surface area contributed by atoms with Crippen LogP contribution < -0.4 is 3.61 Å². The van der Waals surface area contributed by atoms with Crippen LogP contribution in [0.3, 0.4) is 0 Å². The van der Waals surface area contributed by atoms with Crippen LogP contribution in [0.25, 0.3) is 55.0 Å². The topological polar surface area (TPSA) is 26.9 Å². The summed E-state index contributed by atoms with van der Waals surface area (Å²) in [6.45, 7) is 0. The van der Waals surface area contributed by atoms with E-state index in [0.29, 0.717) is 0 Å². The van der Waals surface area contributed by atoms with Gasteiger partial charge in [0.05, 0.1) is 0 Å². The van der Waals surface area contributed by atoms with E-state index in [2.05, 4.69) is 155 Å². The average Bonchev–Trinajstić information content (AvgIpc) is 3.66. The minimum atomic E-state index is -0.732. The molecule has 49 heavy (non-hydrogen) atoms. The maximum atomic E-state index is 14.1. The van der Waals surface area contributed by atoms with E-state index < -0.39 is 20.5 Å². The van der Waals surface area contributed by atoms with Crippen molar-refractivity contribution < 1.29 is 4.79 Å². The van der Waals surface area contributed by atoms with Crippen LogP contribution in [-0.4, -0.2) is 38.9 Å². The molecule has 0 fully saturated rings. The molecule has 2 aliphatic carbocycles. The second-order valence-corrected chi connectivity index (χ2v) is 16.6. The van der Waals surface area contributed by atoms with Crippen LogP contribution in [0.2, 0.25) is 0 Å². The van der Waals surface area contributed by atoms with E-state index in [1.807, 2.05) is 0 Å². The van der Waals surface area contributed by atoms with Crippen LogP contribution in [0.5, 0.6) is 0 Å². The Morgan fingerprint density at radius 3 is 1.63 bits per heavy atom. The van der Waals surface area contributed by atoms with Crippen molar-refractivity contribution in [3.05, 3.63) is 173 Å². The summed E-state index contributed by atoms with van der Waals surface area (Å²) in [5, 5.41) is 5.08. The number of ketones is 1. The van der Waals surface area contributed by atoms with Crippen molar-refractivity contribution in [3.8, 4) is 11.4 Å². The van der Waals surface area contributed by atoms with Crippen LogP contribution in [0.4, 0.5) is 0 Å². The molecule has 1 unspecified atom stereocenters. The molecule has 6 aromatic carbocycles. The Kier molecular flexibility index (Phi) is 5.85. The molecule has 231 valence electrons. The zero-order valence-electron chi connectivity index (χ0n) is 26.6. The summed E-state index contributed by atoms with van der Waals surface area (Å²) >= 11 is -0.732. The Bertz CT molecular complexity index is 2750. The number of para-hydroxylation sites is 4. The SMILES string of the molecule is O=C1c2ccc(-n3c4ccccc4c4ccccc43)cc2[Te]=C2C=C3Cc4cc(-n5c6ccccc6c6ccccc65)ccc4CC3=CC12. The zero-order valence-corrected chi connectivity index (χ0v) is 28.9. The van der Waals surface area contributed by atoms with E-state index >= 15 is 0 Å². The Labute approximate surface area is 293 Å². The molecule has 1 radical (unpaired) electrons. The molecule has 3 aliphatic rings. The normalized spacial score (nSPS) is 16.6. The van der Waals surface area contributed by atoms with Gasteiger partial charge in [-0.1, -0.05) is 0 Å². The summed E-state index contributed by atoms with van der Waals surface area (Å²) in [5.74, 6) is 0.136. The van der Waals surface area contributed by atoms with Crippen molar-refractivity contribution in [1.82, 2.24) is 9.13 Å². The van der Waals surface area contributed by atoms with Crippen molar-refractivity contribution in [2.75, 3.05) is 0 Å². The number of hydrogen-bond donors (Lipinski definition) is 0. The van der Waals surface area contributed by atoms with Gasteiger partial charge in [0, 0.05) is 0 Å². The van der Waals surface area contributed by atoms with Gasteiger partial charge in [0.15, 0.2) is 0 Å². The number of allylic oxidation sites excluding steroid dienone is 4. The fraction of sp³-hybridized carbons (Fsp3) is 0.0667. The number of carbonyl (C=O) groups excluding carboxylic acids is 1. The fourth-order valence-corrected chi connectivity index (χ4v) is 12.0. The van der Waals surface area contributed by atoms with Crippen molar-refractivity contribution in [1.29, 1.82) is 0 Å². The molecule has 0 saturated heterocycles. The summed E-state index contributed by atoms with van der Waals surface area (Å²) in [5.41, 5.74) is 13.6. The van der Waals surface area contributed by atoms with Gasteiger partial charge >= 0.3 is 295 Å². The quantitative estimate of drug-likeness (QED) is 0.163. The average molecular weight is 741 g/mol. The van der Waals surface area contributed by atoms with Gasteiger partial charge in [-0.05, 0) is 0 Å². The summed E-state index contributed by atoms with van der Waals surface area (Å²) < 4.78 is 7.38. The molecule has 3 heterocycles. The van der Waals surface area contributed by atoms with E-state index in [4.69, 9.17) is 0 Å². The van der Waals surface area contributed by atoms with Gasteiger partial charge in [-0.25, -0.2) is 0 Å². The summed E-state index contributed by atoms with van der Waals surface area (Å²) in [7, 11) is 0. The predicted molar refractivity (Wildman–Crippen MR) is 203 cm³/mol. The van der Waals surface area contributed by atoms with E-state index in [-0.39, 0.29) is 11.7 Å². The molecule has 0 bridgehead atoms. The van der Waals surface area contributed by atoms with E-state index in [1.54, 1.807) is 0 Å². The number of Topliss-reactive ketones (excluding diaryl/α,β-unsaturated/α-hetero) is 1. The fourth-order valence-electron chi connectivity index (χ4n) is 8.51. The monoisotopic (exact) mass is 743 g/mol. The first-order valence-corrected chi connectivity index (χ1v) is 19.3. The van der Waals surface area contributed by atoms with Gasteiger partial charge in [-0.15, -0.1) is 0 Å². The van der Waals surface area contributed by atoms with Crippen LogP contribution in [0.1, 0.15) is 21.5 Å². The molecule has 1 atom stereocenters. The van der Waals surface area contributed by atoms with Crippen LogP contribution in [0, 0.1) is 5.92 Å². The van der Waals surface area contributed by atoms with Gasteiger partial charge < -0.3 is 0 Å². The van der Waals surface area contributed by atoms with E-state index in [9.17, 15) is 4.79 Å².